The largest absolute Gasteiger partial charge is 0.322 e. The fourth-order valence-electron chi connectivity index (χ4n) is 2.33. The Labute approximate surface area is 133 Å². The maximum atomic E-state index is 4.09. The topological polar surface area (TPSA) is 55.6 Å². The Morgan fingerprint density at radius 3 is 2.81 bits per heavy atom. The minimum absolute atomic E-state index is 0.0125. The first-order valence-electron chi connectivity index (χ1n) is 6.37. The molecule has 7 heteroatoms. The third kappa shape index (κ3) is 2.28. The van der Waals surface area contributed by atoms with Crippen molar-refractivity contribution < 1.29 is 0 Å². The van der Waals surface area contributed by atoms with Crippen molar-refractivity contribution >= 4 is 38.9 Å². The van der Waals surface area contributed by atoms with E-state index < -0.39 is 0 Å². The molecule has 5 nitrogen and oxygen atoms in total. The predicted octanol–water partition coefficient (Wildman–Crippen LogP) is 3.55. The highest BCUT2D eigenvalue weighted by molar-refractivity contribution is 9.10. The van der Waals surface area contributed by atoms with Gasteiger partial charge in [-0.3, -0.25) is 0 Å². The number of tetrazole rings is 1. The van der Waals surface area contributed by atoms with Crippen molar-refractivity contribution in [3.63, 3.8) is 0 Å². The number of nitrogens with one attached hydrogen (secondary N) is 1. The number of rotatable bonds is 2. The quantitative estimate of drug-likeness (QED) is 0.759. The highest BCUT2D eigenvalue weighted by atomic mass is 79.9. The van der Waals surface area contributed by atoms with Crippen molar-refractivity contribution in [3.8, 4) is 0 Å². The smallest absolute Gasteiger partial charge is 0.248 e. The minimum Gasteiger partial charge on any atom is -0.322 e. The molecule has 104 valence electrons. The number of halogens is 1. The molecular formula is C14H10BrN5S. The molecule has 0 unspecified atom stereocenters. The third-order valence-electron chi connectivity index (χ3n) is 3.33. The van der Waals surface area contributed by atoms with Gasteiger partial charge < -0.3 is 5.32 Å². The van der Waals surface area contributed by atoms with Crippen molar-refractivity contribution in [2.24, 2.45) is 0 Å². The van der Waals surface area contributed by atoms with Gasteiger partial charge >= 0.3 is 0 Å². The summed E-state index contributed by atoms with van der Waals surface area (Å²) in [4.78, 5) is 1.17. The van der Waals surface area contributed by atoms with Crippen molar-refractivity contribution in [2.75, 3.05) is 5.32 Å². The van der Waals surface area contributed by atoms with Gasteiger partial charge in [-0.1, -0.05) is 39.2 Å². The fourth-order valence-corrected chi connectivity index (χ4v) is 3.30. The molecule has 4 rings (SSSR count). The molecule has 0 aliphatic carbocycles. The molecule has 3 aromatic rings. The lowest BCUT2D eigenvalue weighted by molar-refractivity contribution is 0.586. The molecule has 0 saturated carbocycles. The summed E-state index contributed by atoms with van der Waals surface area (Å²) >= 11 is 5.15. The van der Waals surface area contributed by atoms with E-state index in [1.165, 1.54) is 4.88 Å². The van der Waals surface area contributed by atoms with Crippen LogP contribution in [0.4, 0.5) is 5.95 Å². The molecular weight excluding hydrogens is 350 g/mol. The molecule has 3 heterocycles. The van der Waals surface area contributed by atoms with Gasteiger partial charge in [-0.25, -0.2) is 0 Å². The zero-order chi connectivity index (χ0) is 14.2. The molecule has 1 aliphatic rings. The van der Waals surface area contributed by atoms with Gasteiger partial charge in [0, 0.05) is 4.47 Å². The van der Waals surface area contributed by atoms with Crippen LogP contribution in [0.3, 0.4) is 0 Å². The van der Waals surface area contributed by atoms with Crippen LogP contribution in [0.1, 0.15) is 16.5 Å². The second kappa shape index (κ2) is 5.09. The van der Waals surface area contributed by atoms with Gasteiger partial charge in [0.1, 0.15) is 6.04 Å². The summed E-state index contributed by atoms with van der Waals surface area (Å²) in [5.74, 6) is 0.661. The zero-order valence-electron chi connectivity index (χ0n) is 10.8. The lowest BCUT2D eigenvalue weighted by atomic mass is 10.0. The average molecular weight is 360 g/mol. The van der Waals surface area contributed by atoms with Gasteiger partial charge in [0.25, 0.3) is 0 Å². The molecule has 0 radical (unpaired) electrons. The first kappa shape index (κ1) is 12.7. The van der Waals surface area contributed by atoms with Crippen LogP contribution in [0.2, 0.25) is 0 Å². The fraction of sp³-hybridized carbons (Fsp3) is 0.0714. The Bertz CT molecular complexity index is 791. The molecule has 1 atom stereocenters. The zero-order valence-corrected chi connectivity index (χ0v) is 13.2. The first-order valence-corrected chi connectivity index (χ1v) is 8.04. The van der Waals surface area contributed by atoms with Gasteiger partial charge in [0.2, 0.25) is 5.95 Å². The van der Waals surface area contributed by atoms with Crippen molar-refractivity contribution in [3.05, 3.63) is 62.8 Å². The number of anilines is 1. The van der Waals surface area contributed by atoms with E-state index in [0.717, 1.165) is 15.7 Å². The molecule has 1 aliphatic heterocycles. The Kier molecular flexibility index (Phi) is 3.08. The van der Waals surface area contributed by atoms with Crippen LogP contribution in [-0.4, -0.2) is 20.2 Å². The maximum absolute atomic E-state index is 4.09. The van der Waals surface area contributed by atoms with Crippen LogP contribution in [-0.2, 0) is 0 Å². The number of benzene rings is 1. The summed E-state index contributed by atoms with van der Waals surface area (Å²) in [5.41, 5.74) is 2.18. The van der Waals surface area contributed by atoms with E-state index in [1.54, 1.807) is 16.0 Å². The standard InChI is InChI=1S/C14H10BrN5S/c15-10-5-3-9(4-6-10)12-8-11(13-2-1-7-21-13)16-14-17-18-19-20(12)14/h1-8,12H,(H,16,17,19)/t12-/m1/s1. The normalized spacial score (nSPS) is 17.0. The number of nitrogens with zero attached hydrogens (tertiary/aromatic N) is 4. The molecule has 1 aromatic carbocycles. The summed E-state index contributed by atoms with van der Waals surface area (Å²) in [7, 11) is 0. The summed E-state index contributed by atoms with van der Waals surface area (Å²) in [6, 6.07) is 12.3. The van der Waals surface area contributed by atoms with E-state index >= 15 is 0 Å². The van der Waals surface area contributed by atoms with Crippen LogP contribution < -0.4 is 5.32 Å². The predicted molar refractivity (Wildman–Crippen MR) is 86.0 cm³/mol. The molecule has 0 bridgehead atoms. The van der Waals surface area contributed by atoms with E-state index in [-0.39, 0.29) is 6.04 Å². The summed E-state index contributed by atoms with van der Waals surface area (Å²) in [5, 5.41) is 17.3. The summed E-state index contributed by atoms with van der Waals surface area (Å²) in [6.07, 6.45) is 2.15. The number of hydrogen-bond donors (Lipinski definition) is 1. The molecule has 2 aromatic heterocycles. The van der Waals surface area contributed by atoms with E-state index in [9.17, 15) is 0 Å². The number of allylic oxidation sites excluding steroid dienone is 1. The van der Waals surface area contributed by atoms with Gasteiger partial charge in [0.05, 0.1) is 10.6 Å². The van der Waals surface area contributed by atoms with E-state index in [1.807, 2.05) is 18.2 Å². The Morgan fingerprint density at radius 2 is 2.05 bits per heavy atom. The van der Waals surface area contributed by atoms with Crippen LogP contribution in [0.5, 0.6) is 0 Å². The molecule has 1 N–H and O–H groups in total. The molecule has 0 fully saturated rings. The van der Waals surface area contributed by atoms with E-state index in [0.29, 0.717) is 5.95 Å². The lowest BCUT2D eigenvalue weighted by Gasteiger charge is -2.22. The second-order valence-corrected chi connectivity index (χ2v) is 6.49. The molecule has 21 heavy (non-hydrogen) atoms. The van der Waals surface area contributed by atoms with Crippen molar-refractivity contribution in [2.45, 2.75) is 6.04 Å². The van der Waals surface area contributed by atoms with Gasteiger partial charge in [-0.15, -0.1) is 11.3 Å². The van der Waals surface area contributed by atoms with Crippen LogP contribution in [0.15, 0.2) is 52.3 Å². The Morgan fingerprint density at radius 1 is 1.19 bits per heavy atom. The molecule has 0 saturated heterocycles. The monoisotopic (exact) mass is 359 g/mol. The van der Waals surface area contributed by atoms with Crippen LogP contribution in [0, 0.1) is 0 Å². The van der Waals surface area contributed by atoms with Gasteiger partial charge in [-0.05, 0) is 45.6 Å². The maximum Gasteiger partial charge on any atom is 0.248 e. The second-order valence-electron chi connectivity index (χ2n) is 4.63. The average Bonchev–Trinajstić information content (AvgIpc) is 3.18. The highest BCUT2D eigenvalue weighted by Gasteiger charge is 2.24. The van der Waals surface area contributed by atoms with Crippen LogP contribution in [0.25, 0.3) is 5.70 Å². The van der Waals surface area contributed by atoms with Crippen molar-refractivity contribution in [1.82, 2.24) is 20.2 Å². The van der Waals surface area contributed by atoms with Crippen molar-refractivity contribution in [1.29, 1.82) is 0 Å². The number of thiophene rings is 1. The van der Waals surface area contributed by atoms with Gasteiger partial charge in [-0.2, -0.15) is 4.68 Å². The summed E-state index contributed by atoms with van der Waals surface area (Å²) < 4.78 is 2.85. The lowest BCUT2D eigenvalue weighted by Crippen LogP contribution is -2.19. The van der Waals surface area contributed by atoms with Crippen LogP contribution >= 0.6 is 27.3 Å². The number of aromatic nitrogens is 4. The highest BCUT2D eigenvalue weighted by Crippen LogP contribution is 2.33. The molecule has 0 amide bonds. The SMILES string of the molecule is Brc1ccc([C@H]2C=C(c3cccs3)Nc3nnnn32)cc1. The van der Waals surface area contributed by atoms with Gasteiger partial charge in [0.15, 0.2) is 0 Å². The molecule has 0 spiro atoms. The van der Waals surface area contributed by atoms with E-state index in [4.69, 9.17) is 0 Å². The Hall–Kier alpha value is -1.99. The minimum atomic E-state index is -0.0125. The number of fused-ring (bicyclic) bond motifs is 1. The summed E-state index contributed by atoms with van der Waals surface area (Å²) in [6.45, 7) is 0. The number of hydrogen-bond acceptors (Lipinski definition) is 5. The third-order valence-corrected chi connectivity index (χ3v) is 4.76. The van der Waals surface area contributed by atoms with E-state index in [2.05, 4.69) is 66.4 Å². The first-order chi connectivity index (χ1) is 10.3. The Balaban J connectivity index is 1.82.